The van der Waals surface area contributed by atoms with E-state index in [9.17, 15) is 9.59 Å². The molecule has 0 spiro atoms. The quantitative estimate of drug-likeness (QED) is 0.620. The summed E-state index contributed by atoms with van der Waals surface area (Å²) in [5.41, 5.74) is -0.496. The molecule has 6 heteroatoms. The number of rotatable bonds is 7. The van der Waals surface area contributed by atoms with Crippen molar-refractivity contribution < 1.29 is 19.1 Å². The van der Waals surface area contributed by atoms with Crippen molar-refractivity contribution in [2.24, 2.45) is 5.41 Å². The van der Waals surface area contributed by atoms with Crippen LogP contribution >= 0.6 is 0 Å². The highest BCUT2D eigenvalue weighted by Gasteiger charge is 2.21. The minimum Gasteiger partial charge on any atom is -0.468 e. The van der Waals surface area contributed by atoms with Crippen LogP contribution in [0.4, 0.5) is 0 Å². The summed E-state index contributed by atoms with van der Waals surface area (Å²) in [7, 11) is 2.58. The Labute approximate surface area is 107 Å². The second-order valence-electron chi connectivity index (χ2n) is 4.61. The van der Waals surface area contributed by atoms with E-state index in [4.69, 9.17) is 5.26 Å². The maximum Gasteiger partial charge on any atom is 0.319 e. The number of hydrogen-bond acceptors (Lipinski definition) is 6. The zero-order valence-corrected chi connectivity index (χ0v) is 11.4. The Morgan fingerprint density at radius 1 is 1.17 bits per heavy atom. The molecule has 0 aliphatic rings. The van der Waals surface area contributed by atoms with Crippen molar-refractivity contribution in [3.05, 3.63) is 0 Å². The molecule has 0 aliphatic heterocycles. The van der Waals surface area contributed by atoms with Gasteiger partial charge >= 0.3 is 11.9 Å². The van der Waals surface area contributed by atoms with Crippen LogP contribution in [-0.4, -0.2) is 50.7 Å². The summed E-state index contributed by atoms with van der Waals surface area (Å²) >= 11 is 0. The molecule has 6 nitrogen and oxygen atoms in total. The van der Waals surface area contributed by atoms with Gasteiger partial charge in [0.05, 0.1) is 38.8 Å². The maximum absolute atomic E-state index is 11.2. The molecule has 0 unspecified atom stereocenters. The zero-order chi connectivity index (χ0) is 14.2. The van der Waals surface area contributed by atoms with Gasteiger partial charge in [0, 0.05) is 6.54 Å². The van der Waals surface area contributed by atoms with Gasteiger partial charge in [-0.3, -0.25) is 14.5 Å². The van der Waals surface area contributed by atoms with Crippen molar-refractivity contribution in [1.82, 2.24) is 4.90 Å². The van der Waals surface area contributed by atoms with Crippen LogP contribution in [0.25, 0.3) is 0 Å². The maximum atomic E-state index is 11.2. The molecule has 0 radical (unpaired) electrons. The summed E-state index contributed by atoms with van der Waals surface area (Å²) in [6.07, 6.45) is 0.553. The molecular formula is C12H20N2O4. The number of nitrogens with zero attached hydrogens (tertiary/aromatic N) is 2. The zero-order valence-electron chi connectivity index (χ0n) is 11.4. The van der Waals surface area contributed by atoms with E-state index < -0.39 is 17.4 Å². The smallest absolute Gasteiger partial charge is 0.319 e. The highest BCUT2D eigenvalue weighted by Crippen LogP contribution is 2.18. The Morgan fingerprint density at radius 2 is 1.61 bits per heavy atom. The van der Waals surface area contributed by atoms with Crippen molar-refractivity contribution >= 4 is 11.9 Å². The van der Waals surface area contributed by atoms with Gasteiger partial charge in [-0.25, -0.2) is 0 Å². The first-order valence-electron chi connectivity index (χ1n) is 5.62. The van der Waals surface area contributed by atoms with Gasteiger partial charge in [0.15, 0.2) is 0 Å². The molecular weight excluding hydrogens is 236 g/mol. The first-order chi connectivity index (χ1) is 8.34. The predicted octanol–water partition coefficient (Wildman–Crippen LogP) is 0.574. The van der Waals surface area contributed by atoms with Gasteiger partial charge in [-0.2, -0.15) is 5.26 Å². The summed E-state index contributed by atoms with van der Waals surface area (Å²) in [6, 6.07) is 2.17. The molecule has 18 heavy (non-hydrogen) atoms. The van der Waals surface area contributed by atoms with Gasteiger partial charge in [-0.1, -0.05) is 0 Å². The number of carbonyl (C=O) groups excluding carboxylic acids is 2. The fourth-order valence-electron chi connectivity index (χ4n) is 1.20. The summed E-state index contributed by atoms with van der Waals surface area (Å²) < 4.78 is 9.11. The Balaban J connectivity index is 4.43. The summed E-state index contributed by atoms with van der Waals surface area (Å²) in [6.45, 7) is 4.08. The molecule has 0 amide bonds. The highest BCUT2D eigenvalue weighted by molar-refractivity contribution is 5.74. The van der Waals surface area contributed by atoms with Crippen molar-refractivity contribution in [2.45, 2.75) is 20.3 Å². The Bertz CT molecular complexity index is 315. The molecule has 0 atom stereocenters. The molecule has 0 saturated carbocycles. The largest absolute Gasteiger partial charge is 0.468 e. The lowest BCUT2D eigenvalue weighted by molar-refractivity contribution is -0.145. The highest BCUT2D eigenvalue weighted by atomic mass is 16.5. The fourth-order valence-corrected chi connectivity index (χ4v) is 1.20. The number of hydrogen-bond donors (Lipinski definition) is 0. The average molecular weight is 256 g/mol. The van der Waals surface area contributed by atoms with E-state index in [1.165, 1.54) is 14.2 Å². The van der Waals surface area contributed by atoms with E-state index in [0.717, 1.165) is 0 Å². The lowest BCUT2D eigenvalue weighted by Crippen LogP contribution is -2.37. The van der Waals surface area contributed by atoms with E-state index in [1.807, 2.05) is 13.8 Å². The van der Waals surface area contributed by atoms with Gasteiger partial charge in [-0.15, -0.1) is 0 Å². The molecule has 0 heterocycles. The Morgan fingerprint density at radius 3 is 1.94 bits per heavy atom. The van der Waals surface area contributed by atoms with Crippen LogP contribution in [0.1, 0.15) is 20.3 Å². The lowest BCUT2D eigenvalue weighted by atomic mass is 9.91. The third-order valence-electron chi connectivity index (χ3n) is 2.52. The second kappa shape index (κ2) is 7.67. The van der Waals surface area contributed by atoms with Crippen molar-refractivity contribution in [1.29, 1.82) is 5.26 Å². The van der Waals surface area contributed by atoms with Crippen LogP contribution in [-0.2, 0) is 19.1 Å². The molecule has 0 aliphatic carbocycles. The molecule has 0 N–H and O–H groups in total. The van der Waals surface area contributed by atoms with Gasteiger partial charge in [0.25, 0.3) is 0 Å². The van der Waals surface area contributed by atoms with Gasteiger partial charge in [0.2, 0.25) is 0 Å². The van der Waals surface area contributed by atoms with E-state index in [1.54, 1.807) is 4.90 Å². The monoisotopic (exact) mass is 256 g/mol. The van der Waals surface area contributed by atoms with Crippen LogP contribution in [0.3, 0.4) is 0 Å². The molecule has 0 aromatic carbocycles. The van der Waals surface area contributed by atoms with Gasteiger partial charge < -0.3 is 9.47 Å². The van der Waals surface area contributed by atoms with Crippen LogP contribution in [0.15, 0.2) is 0 Å². The second-order valence-corrected chi connectivity index (χ2v) is 4.61. The predicted molar refractivity (Wildman–Crippen MR) is 64.5 cm³/mol. The number of esters is 2. The number of methoxy groups -OCH3 is 2. The minimum absolute atomic E-state index is 0.00705. The van der Waals surface area contributed by atoms with E-state index in [2.05, 4.69) is 15.5 Å². The van der Waals surface area contributed by atoms with Crippen LogP contribution in [0, 0.1) is 16.7 Å². The van der Waals surface area contributed by atoms with E-state index in [0.29, 0.717) is 13.0 Å². The molecule has 0 rings (SSSR count). The molecule has 0 fully saturated rings. The standard InChI is InChI=1S/C12H20N2O4/c1-12(2,9-13)5-6-14(7-10(15)17-3)8-11(16)18-4/h5-8H2,1-4H3. The van der Waals surface area contributed by atoms with Crippen LogP contribution < -0.4 is 0 Å². The Kier molecular flexibility index (Phi) is 6.98. The molecule has 0 bridgehead atoms. The van der Waals surface area contributed by atoms with Crippen molar-refractivity contribution in [3.63, 3.8) is 0 Å². The molecule has 0 aromatic heterocycles. The SMILES string of the molecule is COC(=O)CN(CCC(C)(C)C#N)CC(=O)OC. The fraction of sp³-hybridized carbons (Fsp3) is 0.750. The first kappa shape index (κ1) is 16.4. The third kappa shape index (κ3) is 6.86. The molecule has 102 valence electrons. The topological polar surface area (TPSA) is 79.6 Å². The van der Waals surface area contributed by atoms with Crippen LogP contribution in [0.5, 0.6) is 0 Å². The Hall–Kier alpha value is -1.61. The minimum atomic E-state index is -0.496. The third-order valence-corrected chi connectivity index (χ3v) is 2.52. The van der Waals surface area contributed by atoms with E-state index in [-0.39, 0.29) is 13.1 Å². The number of carbonyl (C=O) groups is 2. The van der Waals surface area contributed by atoms with Crippen molar-refractivity contribution in [2.75, 3.05) is 33.9 Å². The van der Waals surface area contributed by atoms with Crippen molar-refractivity contribution in [3.8, 4) is 6.07 Å². The average Bonchev–Trinajstić information content (AvgIpc) is 2.35. The summed E-state index contributed by atoms with van der Waals surface area (Å²) in [4.78, 5) is 24.0. The first-order valence-corrected chi connectivity index (χ1v) is 5.62. The van der Waals surface area contributed by atoms with Crippen LogP contribution in [0.2, 0.25) is 0 Å². The molecule has 0 saturated heterocycles. The number of ether oxygens (including phenoxy) is 2. The van der Waals surface area contributed by atoms with E-state index >= 15 is 0 Å². The lowest BCUT2D eigenvalue weighted by Gasteiger charge is -2.23. The van der Waals surface area contributed by atoms with Gasteiger partial charge in [0.1, 0.15) is 0 Å². The molecule has 0 aromatic rings. The summed E-state index contributed by atoms with van der Waals surface area (Å²) in [5, 5.41) is 8.91. The summed E-state index contributed by atoms with van der Waals surface area (Å²) in [5.74, 6) is -0.845. The van der Waals surface area contributed by atoms with Gasteiger partial charge in [-0.05, 0) is 20.3 Å². The normalized spacial score (nSPS) is 10.9. The number of nitriles is 1.